The highest BCUT2D eigenvalue weighted by molar-refractivity contribution is 5.94. The lowest BCUT2D eigenvalue weighted by molar-refractivity contribution is -0.0211. The van der Waals surface area contributed by atoms with Gasteiger partial charge in [-0.3, -0.25) is 0 Å². The fourth-order valence-corrected chi connectivity index (χ4v) is 4.47. The number of carbonyl (C=O) groups excluding carboxylic acids is 1. The molecule has 2 aromatic carbocycles. The molecule has 1 spiro atoms. The van der Waals surface area contributed by atoms with Crippen LogP contribution in [0.25, 0.3) is 22.6 Å². The highest BCUT2D eigenvalue weighted by Gasteiger charge is 2.47. The maximum absolute atomic E-state index is 12.3. The summed E-state index contributed by atoms with van der Waals surface area (Å²) in [5.41, 5.74) is 4.26. The van der Waals surface area contributed by atoms with Crippen LogP contribution in [-0.4, -0.2) is 39.0 Å². The maximum atomic E-state index is 12.3. The molecule has 0 atom stereocenters. The minimum Gasteiger partial charge on any atom is -0.450 e. The van der Waals surface area contributed by atoms with Crippen molar-refractivity contribution in [2.75, 3.05) is 18.0 Å². The summed E-state index contributed by atoms with van der Waals surface area (Å²) in [4.78, 5) is 31.6. The van der Waals surface area contributed by atoms with Gasteiger partial charge in [0.2, 0.25) is 5.95 Å². The molecule has 1 saturated heterocycles. The van der Waals surface area contributed by atoms with Crippen molar-refractivity contribution in [3.05, 3.63) is 71.9 Å². The molecule has 4 heterocycles. The van der Waals surface area contributed by atoms with Gasteiger partial charge in [0.1, 0.15) is 5.60 Å². The van der Waals surface area contributed by atoms with Gasteiger partial charge in [-0.2, -0.15) is 4.98 Å². The Labute approximate surface area is 172 Å². The molecular formula is C23H19N5O2. The Morgan fingerprint density at radius 1 is 0.967 bits per heavy atom. The first-order valence-corrected chi connectivity index (χ1v) is 10.1. The number of H-pyrrole nitrogens is 1. The molecule has 1 N–H and O–H groups in total. The summed E-state index contributed by atoms with van der Waals surface area (Å²) in [7, 11) is 0. The van der Waals surface area contributed by atoms with E-state index in [4.69, 9.17) is 4.74 Å². The summed E-state index contributed by atoms with van der Waals surface area (Å²) in [6.07, 6.45) is 3.21. The first-order chi connectivity index (χ1) is 14.7. The smallest absolute Gasteiger partial charge is 0.339 e. The van der Waals surface area contributed by atoms with Crippen LogP contribution in [0.15, 0.2) is 60.8 Å². The van der Waals surface area contributed by atoms with E-state index in [0.717, 1.165) is 48.7 Å². The normalized spacial score (nSPS) is 17.3. The van der Waals surface area contributed by atoms with Gasteiger partial charge in [0.25, 0.3) is 0 Å². The number of anilines is 1. The zero-order valence-corrected chi connectivity index (χ0v) is 16.2. The van der Waals surface area contributed by atoms with Gasteiger partial charge in [-0.15, -0.1) is 0 Å². The number of esters is 1. The molecule has 0 saturated carbocycles. The second-order valence-electron chi connectivity index (χ2n) is 7.77. The third-order valence-electron chi connectivity index (χ3n) is 6.06. The average molecular weight is 397 g/mol. The standard InChI is InChI=1S/C23H19N5O2/c29-21-16-8-4-5-9-17(16)23(30-21)10-12-28(13-11-23)22-26-19-20(27-22)25-18(14-24-19)15-6-2-1-3-7-15/h1-9,14H,10-13H2,(H,24,25,26,27). The SMILES string of the molecule is O=C1OC2(CCN(c3nc4nc(-c5ccccc5)cnc4[nH]3)CC2)c2ccccc21. The quantitative estimate of drug-likeness (QED) is 0.520. The third kappa shape index (κ3) is 2.58. The molecule has 0 radical (unpaired) electrons. The molecule has 4 aromatic rings. The van der Waals surface area contributed by atoms with Gasteiger partial charge in [-0.25, -0.2) is 14.8 Å². The second-order valence-corrected chi connectivity index (χ2v) is 7.77. The van der Waals surface area contributed by atoms with E-state index in [1.54, 1.807) is 6.20 Å². The van der Waals surface area contributed by atoms with E-state index in [1.807, 2.05) is 54.6 Å². The molecule has 6 rings (SSSR count). The van der Waals surface area contributed by atoms with E-state index in [1.165, 1.54) is 0 Å². The van der Waals surface area contributed by atoms with Crippen LogP contribution in [0.5, 0.6) is 0 Å². The van der Waals surface area contributed by atoms with Crippen LogP contribution < -0.4 is 4.90 Å². The Hall–Kier alpha value is -3.74. The summed E-state index contributed by atoms with van der Waals surface area (Å²) in [6, 6.07) is 17.7. The highest BCUT2D eigenvalue weighted by Crippen LogP contribution is 2.44. The Kier molecular flexibility index (Phi) is 3.65. The largest absolute Gasteiger partial charge is 0.450 e. The van der Waals surface area contributed by atoms with Crippen molar-refractivity contribution >= 4 is 23.2 Å². The summed E-state index contributed by atoms with van der Waals surface area (Å²) < 4.78 is 5.85. The van der Waals surface area contributed by atoms with Crippen LogP contribution in [0.3, 0.4) is 0 Å². The molecule has 30 heavy (non-hydrogen) atoms. The number of aromatic amines is 1. The van der Waals surface area contributed by atoms with Crippen LogP contribution in [-0.2, 0) is 10.3 Å². The number of carbonyl (C=O) groups is 1. The van der Waals surface area contributed by atoms with Crippen LogP contribution in [0.1, 0.15) is 28.8 Å². The van der Waals surface area contributed by atoms with Crippen LogP contribution in [0.2, 0.25) is 0 Å². The minimum atomic E-state index is -0.521. The number of aromatic nitrogens is 4. The molecular weight excluding hydrogens is 378 g/mol. The zero-order chi connectivity index (χ0) is 20.1. The average Bonchev–Trinajstić information content (AvgIpc) is 3.34. The van der Waals surface area contributed by atoms with E-state index < -0.39 is 5.60 Å². The number of hydrogen-bond donors (Lipinski definition) is 1. The number of imidazole rings is 1. The first-order valence-electron chi connectivity index (χ1n) is 10.1. The Balaban J connectivity index is 1.26. The summed E-state index contributed by atoms with van der Waals surface area (Å²) in [5.74, 6) is 0.535. The van der Waals surface area contributed by atoms with E-state index in [2.05, 4.69) is 24.8 Å². The molecule has 0 amide bonds. The second kappa shape index (κ2) is 6.38. The molecule has 0 unspecified atom stereocenters. The number of fused-ring (bicyclic) bond motifs is 3. The number of nitrogens with one attached hydrogen (secondary N) is 1. The van der Waals surface area contributed by atoms with Crippen LogP contribution >= 0.6 is 0 Å². The first kappa shape index (κ1) is 17.1. The number of hydrogen-bond acceptors (Lipinski definition) is 6. The fraction of sp³-hybridized carbons (Fsp3) is 0.217. The topological polar surface area (TPSA) is 84.0 Å². The van der Waals surface area contributed by atoms with Crippen molar-refractivity contribution in [1.29, 1.82) is 0 Å². The lowest BCUT2D eigenvalue weighted by atomic mass is 9.84. The van der Waals surface area contributed by atoms with Gasteiger partial charge in [0, 0.05) is 37.1 Å². The predicted octanol–water partition coefficient (Wildman–Crippen LogP) is 3.69. The highest BCUT2D eigenvalue weighted by atomic mass is 16.6. The zero-order valence-electron chi connectivity index (χ0n) is 16.2. The van der Waals surface area contributed by atoms with Crippen molar-refractivity contribution in [3.63, 3.8) is 0 Å². The number of nitrogens with zero attached hydrogens (tertiary/aromatic N) is 4. The molecule has 2 aromatic heterocycles. The Bertz CT molecular complexity index is 1260. The van der Waals surface area contributed by atoms with Crippen molar-refractivity contribution in [2.24, 2.45) is 0 Å². The number of rotatable bonds is 2. The molecule has 2 aliphatic rings. The Morgan fingerprint density at radius 2 is 1.73 bits per heavy atom. The minimum absolute atomic E-state index is 0.218. The van der Waals surface area contributed by atoms with Gasteiger partial charge in [-0.05, 0) is 6.07 Å². The van der Waals surface area contributed by atoms with E-state index in [0.29, 0.717) is 16.9 Å². The monoisotopic (exact) mass is 397 g/mol. The van der Waals surface area contributed by atoms with Gasteiger partial charge in [0.05, 0.1) is 17.5 Å². The lowest BCUT2D eigenvalue weighted by Crippen LogP contribution is -2.43. The molecule has 7 nitrogen and oxygen atoms in total. The maximum Gasteiger partial charge on any atom is 0.339 e. The fourth-order valence-electron chi connectivity index (χ4n) is 4.47. The van der Waals surface area contributed by atoms with E-state index in [9.17, 15) is 4.79 Å². The van der Waals surface area contributed by atoms with E-state index >= 15 is 0 Å². The number of benzene rings is 2. The van der Waals surface area contributed by atoms with Crippen LogP contribution in [0, 0.1) is 0 Å². The lowest BCUT2D eigenvalue weighted by Gasteiger charge is -2.38. The van der Waals surface area contributed by atoms with Gasteiger partial charge in [-0.1, -0.05) is 48.5 Å². The van der Waals surface area contributed by atoms with Crippen molar-refractivity contribution in [3.8, 4) is 11.3 Å². The van der Waals surface area contributed by atoms with Crippen molar-refractivity contribution < 1.29 is 9.53 Å². The van der Waals surface area contributed by atoms with E-state index in [-0.39, 0.29) is 5.97 Å². The number of ether oxygens (including phenoxy) is 1. The summed E-state index contributed by atoms with van der Waals surface area (Å²) in [5, 5.41) is 0. The molecule has 7 heteroatoms. The van der Waals surface area contributed by atoms with Gasteiger partial charge >= 0.3 is 5.97 Å². The molecule has 1 fully saturated rings. The summed E-state index contributed by atoms with van der Waals surface area (Å²) >= 11 is 0. The Morgan fingerprint density at radius 3 is 2.57 bits per heavy atom. The molecule has 2 aliphatic heterocycles. The van der Waals surface area contributed by atoms with Gasteiger partial charge < -0.3 is 14.6 Å². The molecule has 0 aliphatic carbocycles. The molecule has 148 valence electrons. The van der Waals surface area contributed by atoms with Crippen LogP contribution in [0.4, 0.5) is 5.95 Å². The summed E-state index contributed by atoms with van der Waals surface area (Å²) in [6.45, 7) is 1.46. The third-order valence-corrected chi connectivity index (χ3v) is 6.06. The number of piperidine rings is 1. The van der Waals surface area contributed by atoms with Gasteiger partial charge in [0.15, 0.2) is 11.3 Å². The molecule has 0 bridgehead atoms. The predicted molar refractivity (Wildman–Crippen MR) is 112 cm³/mol. The van der Waals surface area contributed by atoms with Crippen molar-refractivity contribution in [2.45, 2.75) is 18.4 Å². The van der Waals surface area contributed by atoms with Crippen molar-refractivity contribution in [1.82, 2.24) is 19.9 Å².